The van der Waals surface area contributed by atoms with Gasteiger partial charge in [-0.1, -0.05) is 42.5 Å². The van der Waals surface area contributed by atoms with Gasteiger partial charge in [0.25, 0.3) is 0 Å². The number of fused-ring (bicyclic) bond motifs is 1. The number of hydrogen-bond acceptors (Lipinski definition) is 3. The topological polar surface area (TPSA) is 91.9 Å². The molecule has 0 aromatic heterocycles. The Morgan fingerprint density at radius 3 is 2.48 bits per heavy atom. The highest BCUT2D eigenvalue weighted by atomic mass is 35.5. The lowest BCUT2D eigenvalue weighted by molar-refractivity contribution is -0.676. The van der Waals surface area contributed by atoms with E-state index in [1.807, 2.05) is 49.4 Å². The van der Waals surface area contributed by atoms with Crippen LogP contribution in [0.1, 0.15) is 35.2 Å². The molecule has 174 valence electrons. The van der Waals surface area contributed by atoms with Crippen molar-refractivity contribution in [2.45, 2.75) is 36.7 Å². The molecule has 0 saturated heterocycles. The van der Waals surface area contributed by atoms with Crippen molar-refractivity contribution in [2.24, 2.45) is 0 Å². The lowest BCUT2D eigenvalue weighted by Crippen LogP contribution is -3.00. The summed E-state index contributed by atoms with van der Waals surface area (Å²) < 4.78 is 40.3. The number of sulfone groups is 1. The van der Waals surface area contributed by atoms with E-state index in [0.29, 0.717) is 5.56 Å². The van der Waals surface area contributed by atoms with Gasteiger partial charge in [-0.2, -0.15) is 0 Å². The first-order valence-electron chi connectivity index (χ1n) is 10.4. The first kappa shape index (κ1) is 24.7. The molecule has 1 aliphatic heterocycles. The molecule has 1 aliphatic rings. The Morgan fingerprint density at radius 1 is 1.03 bits per heavy atom. The molecule has 4 rings (SSSR count). The number of hydrogen-bond donors (Lipinski definition) is 3. The molecule has 9 heteroatoms. The number of urea groups is 1. The molecule has 0 saturated carbocycles. The smallest absolute Gasteiger partial charge is 0.319 e. The van der Waals surface area contributed by atoms with Gasteiger partial charge in [0.2, 0.25) is 0 Å². The van der Waals surface area contributed by atoms with Crippen molar-refractivity contribution in [3.63, 3.8) is 0 Å². The normalized spacial score (nSPS) is 13.5. The molecule has 1 heterocycles. The fraction of sp³-hybridized carbons (Fsp3) is 0.208. The van der Waals surface area contributed by atoms with Crippen molar-refractivity contribution in [1.29, 1.82) is 0 Å². The van der Waals surface area contributed by atoms with Crippen molar-refractivity contribution in [3.05, 3.63) is 94.8 Å². The highest BCUT2D eigenvalue weighted by Gasteiger charge is 2.22. The van der Waals surface area contributed by atoms with Crippen LogP contribution in [0.2, 0.25) is 0 Å². The van der Waals surface area contributed by atoms with Gasteiger partial charge in [-0.05, 0) is 42.3 Å². The molecule has 1 atom stereocenters. The van der Waals surface area contributed by atoms with Crippen LogP contribution in [0.4, 0.5) is 14.9 Å². The Kier molecular flexibility index (Phi) is 7.73. The van der Waals surface area contributed by atoms with E-state index in [4.69, 9.17) is 0 Å². The Balaban J connectivity index is 0.00000306. The van der Waals surface area contributed by atoms with Crippen LogP contribution in [-0.2, 0) is 28.7 Å². The van der Waals surface area contributed by atoms with Crippen LogP contribution < -0.4 is 28.4 Å². The predicted octanol–water partition coefficient (Wildman–Crippen LogP) is 0.263. The van der Waals surface area contributed by atoms with Gasteiger partial charge >= 0.3 is 6.03 Å². The fourth-order valence-corrected chi connectivity index (χ4v) is 5.26. The molecule has 3 aromatic carbocycles. The summed E-state index contributed by atoms with van der Waals surface area (Å²) in [4.78, 5) is 11.9. The number of amides is 2. The Hall–Kier alpha value is -2.94. The Morgan fingerprint density at radius 2 is 1.76 bits per heavy atom. The zero-order valence-electron chi connectivity index (χ0n) is 18.0. The van der Waals surface area contributed by atoms with Gasteiger partial charge in [-0.25, -0.2) is 17.6 Å². The van der Waals surface area contributed by atoms with Crippen LogP contribution in [0.3, 0.4) is 0 Å². The predicted molar refractivity (Wildman–Crippen MR) is 120 cm³/mol. The van der Waals surface area contributed by atoms with E-state index in [2.05, 4.69) is 16.0 Å². The summed E-state index contributed by atoms with van der Waals surface area (Å²) in [7, 11) is -3.88. The molecule has 0 radical (unpaired) electrons. The molecular weight excluding hydrogens is 465 g/mol. The summed E-state index contributed by atoms with van der Waals surface area (Å²) in [5.74, 6) is -1.17. The lowest BCUT2D eigenvalue weighted by Gasteiger charge is -2.15. The lowest BCUT2D eigenvalue weighted by atomic mass is 10.1. The Bertz CT molecular complexity index is 1250. The van der Waals surface area contributed by atoms with Crippen molar-refractivity contribution in [2.75, 3.05) is 5.32 Å². The number of rotatable bonds is 6. The van der Waals surface area contributed by atoms with Gasteiger partial charge in [0, 0.05) is 16.8 Å². The van der Waals surface area contributed by atoms with Gasteiger partial charge in [-0.3, -0.25) is 0 Å². The van der Waals surface area contributed by atoms with Crippen LogP contribution >= 0.6 is 0 Å². The largest absolute Gasteiger partial charge is 1.00 e. The summed E-state index contributed by atoms with van der Waals surface area (Å²) in [5, 5.41) is 7.46. The maximum absolute atomic E-state index is 14.7. The quantitative estimate of drug-likeness (QED) is 0.464. The van der Waals surface area contributed by atoms with E-state index >= 15 is 0 Å². The fourth-order valence-electron chi connectivity index (χ4n) is 3.86. The summed E-state index contributed by atoms with van der Waals surface area (Å²) >= 11 is 0. The van der Waals surface area contributed by atoms with Crippen LogP contribution in [0.5, 0.6) is 0 Å². The van der Waals surface area contributed by atoms with Gasteiger partial charge in [0.15, 0.2) is 9.84 Å². The zero-order chi connectivity index (χ0) is 22.7. The molecular formula is C24H25ClFN3O3S. The highest BCUT2D eigenvalue weighted by molar-refractivity contribution is 7.90. The first-order valence-corrected chi connectivity index (χ1v) is 12.0. The van der Waals surface area contributed by atoms with E-state index in [0.717, 1.165) is 30.3 Å². The molecule has 3 aromatic rings. The number of nitrogens with one attached hydrogen (secondary N) is 2. The minimum absolute atomic E-state index is 0. The maximum atomic E-state index is 14.7. The van der Waals surface area contributed by atoms with Crippen LogP contribution in [-0.4, -0.2) is 14.4 Å². The van der Waals surface area contributed by atoms with Crippen molar-refractivity contribution in [3.8, 4) is 0 Å². The van der Waals surface area contributed by atoms with E-state index < -0.39 is 21.7 Å². The molecule has 6 nitrogen and oxygen atoms in total. The van der Waals surface area contributed by atoms with Crippen molar-refractivity contribution >= 4 is 21.6 Å². The number of carbonyl (C=O) groups excluding carboxylic acids is 1. The molecule has 0 fully saturated rings. The van der Waals surface area contributed by atoms with Gasteiger partial charge < -0.3 is 28.4 Å². The van der Waals surface area contributed by atoms with E-state index in [9.17, 15) is 17.6 Å². The van der Waals surface area contributed by atoms with Gasteiger partial charge in [0.05, 0.1) is 11.8 Å². The third kappa shape index (κ3) is 5.90. The maximum Gasteiger partial charge on any atom is 0.319 e. The average molecular weight is 490 g/mol. The minimum Gasteiger partial charge on any atom is -1.00 e. The second-order valence-corrected chi connectivity index (χ2v) is 9.89. The third-order valence-electron chi connectivity index (χ3n) is 5.53. The number of carbonyl (C=O) groups is 1. The van der Waals surface area contributed by atoms with E-state index in [-0.39, 0.29) is 34.8 Å². The number of anilines is 1. The van der Waals surface area contributed by atoms with Gasteiger partial charge in [0.1, 0.15) is 23.8 Å². The highest BCUT2D eigenvalue weighted by Crippen LogP contribution is 2.24. The van der Waals surface area contributed by atoms with Crippen LogP contribution in [0.15, 0.2) is 71.6 Å². The molecule has 1 unspecified atom stereocenters. The second kappa shape index (κ2) is 10.3. The minimum atomic E-state index is -3.88. The van der Waals surface area contributed by atoms with E-state index in [1.54, 1.807) is 6.07 Å². The molecule has 4 N–H and O–H groups in total. The third-order valence-corrected chi connectivity index (χ3v) is 7.24. The molecule has 0 bridgehead atoms. The number of quaternary nitrogens is 1. The molecule has 0 aliphatic carbocycles. The zero-order valence-corrected chi connectivity index (χ0v) is 19.6. The Labute approximate surface area is 198 Å². The first-order chi connectivity index (χ1) is 15.3. The molecule has 33 heavy (non-hydrogen) atoms. The number of nitrogens with two attached hydrogens (primary N) is 1. The standard InChI is InChI=1S/C24H24FN3O3S.ClH/c1-16(18-5-3-2-4-6-18)27-24(29)28-21-9-10-23(22(25)12-21)32(30,31)15-17-7-8-19-13-26-14-20(19)11-17;/h2-12,16,26H,13-15H2,1H3,(H2,27,28,29);1H. The monoisotopic (exact) mass is 489 g/mol. The number of halogens is 2. The summed E-state index contributed by atoms with van der Waals surface area (Å²) in [6.07, 6.45) is 0. The van der Waals surface area contributed by atoms with Crippen LogP contribution in [0.25, 0.3) is 0 Å². The molecule has 2 amide bonds. The van der Waals surface area contributed by atoms with Gasteiger partial charge in [-0.15, -0.1) is 0 Å². The SMILES string of the molecule is CC(NC(=O)Nc1ccc(S(=O)(=O)Cc2ccc3c(c2)C[NH2+]C3)c(F)c1)c1ccccc1.[Cl-]. The second-order valence-electron chi connectivity index (χ2n) is 7.94. The summed E-state index contributed by atoms with van der Waals surface area (Å²) in [6, 6.07) is 17.9. The number of benzene rings is 3. The summed E-state index contributed by atoms with van der Waals surface area (Å²) in [5.41, 5.74) is 4.06. The van der Waals surface area contributed by atoms with Crippen LogP contribution in [0, 0.1) is 5.82 Å². The molecule has 0 spiro atoms. The van der Waals surface area contributed by atoms with Crippen molar-refractivity contribution < 1.29 is 35.3 Å². The summed E-state index contributed by atoms with van der Waals surface area (Å²) in [6.45, 7) is 3.55. The average Bonchev–Trinajstić information content (AvgIpc) is 3.21. The van der Waals surface area contributed by atoms with Crippen molar-refractivity contribution in [1.82, 2.24) is 5.32 Å². The van der Waals surface area contributed by atoms with E-state index in [1.165, 1.54) is 17.7 Å².